The van der Waals surface area contributed by atoms with Crippen molar-refractivity contribution in [2.45, 2.75) is 6.04 Å². The second kappa shape index (κ2) is 6.08. The number of hydrogen-bond donors (Lipinski definition) is 1. The Morgan fingerprint density at radius 2 is 1.70 bits per heavy atom. The van der Waals surface area contributed by atoms with Crippen LogP contribution in [-0.2, 0) is 0 Å². The molecular weight excluding hydrogens is 311 g/mol. The maximum atomic E-state index is 6.15. The van der Waals surface area contributed by atoms with Crippen LogP contribution in [0.5, 0.6) is 0 Å². The summed E-state index contributed by atoms with van der Waals surface area (Å²) in [6.07, 6.45) is 0. The van der Waals surface area contributed by atoms with Gasteiger partial charge in [-0.2, -0.15) is 0 Å². The monoisotopic (exact) mass is 322 g/mol. The van der Waals surface area contributed by atoms with Crippen LogP contribution in [0.2, 0.25) is 10.0 Å². The van der Waals surface area contributed by atoms with Gasteiger partial charge in [0.15, 0.2) is 5.17 Å². The van der Waals surface area contributed by atoms with E-state index in [1.165, 1.54) is 5.56 Å². The zero-order valence-electron chi connectivity index (χ0n) is 10.5. The highest BCUT2D eigenvalue weighted by atomic mass is 35.5. The maximum Gasteiger partial charge on any atom is 0.161 e. The van der Waals surface area contributed by atoms with Gasteiger partial charge in [0.25, 0.3) is 0 Å². The molecule has 3 rings (SSSR count). The van der Waals surface area contributed by atoms with Gasteiger partial charge >= 0.3 is 0 Å². The summed E-state index contributed by atoms with van der Waals surface area (Å²) >= 11 is 14.0. The van der Waals surface area contributed by atoms with E-state index in [4.69, 9.17) is 23.2 Å². The van der Waals surface area contributed by atoms with Crippen molar-refractivity contribution in [2.75, 3.05) is 11.1 Å². The van der Waals surface area contributed by atoms with Crippen LogP contribution in [-0.4, -0.2) is 10.9 Å². The lowest BCUT2D eigenvalue weighted by atomic mass is 10.1. The Morgan fingerprint density at radius 1 is 1.00 bits per heavy atom. The fourth-order valence-corrected chi connectivity index (χ4v) is 3.46. The van der Waals surface area contributed by atoms with Crippen LogP contribution in [0.15, 0.2) is 53.5 Å². The molecule has 0 saturated heterocycles. The summed E-state index contributed by atoms with van der Waals surface area (Å²) in [5, 5.41) is 5.28. The first-order chi connectivity index (χ1) is 9.74. The Balaban J connectivity index is 1.80. The molecule has 0 aliphatic carbocycles. The summed E-state index contributed by atoms with van der Waals surface area (Å²) in [6, 6.07) is 15.9. The topological polar surface area (TPSA) is 24.4 Å². The molecule has 0 radical (unpaired) electrons. The molecule has 1 heterocycles. The number of para-hydroxylation sites is 1. The van der Waals surface area contributed by atoms with Gasteiger partial charge in [0.2, 0.25) is 0 Å². The highest BCUT2D eigenvalue weighted by Gasteiger charge is 2.20. The van der Waals surface area contributed by atoms with Crippen LogP contribution in [0.25, 0.3) is 0 Å². The van der Waals surface area contributed by atoms with Crippen molar-refractivity contribution in [3.05, 3.63) is 64.1 Å². The van der Waals surface area contributed by atoms with Crippen molar-refractivity contribution in [3.8, 4) is 0 Å². The van der Waals surface area contributed by atoms with Crippen molar-refractivity contribution in [2.24, 2.45) is 4.99 Å². The van der Waals surface area contributed by atoms with Gasteiger partial charge in [-0.15, -0.1) is 0 Å². The SMILES string of the molecule is Clc1cccc(Cl)c1NC1=NC(c2ccccc2)CS1. The molecule has 0 bridgehead atoms. The molecule has 1 unspecified atom stereocenters. The van der Waals surface area contributed by atoms with Gasteiger partial charge in [-0.25, -0.2) is 0 Å². The Kier molecular flexibility index (Phi) is 4.20. The first-order valence-corrected chi connectivity index (χ1v) is 7.95. The van der Waals surface area contributed by atoms with Gasteiger partial charge in [-0.3, -0.25) is 4.99 Å². The predicted molar refractivity (Wildman–Crippen MR) is 89.2 cm³/mol. The highest BCUT2D eigenvalue weighted by Crippen LogP contribution is 2.34. The van der Waals surface area contributed by atoms with Crippen LogP contribution in [0.4, 0.5) is 5.69 Å². The first-order valence-electron chi connectivity index (χ1n) is 6.20. The van der Waals surface area contributed by atoms with Crippen molar-refractivity contribution >= 4 is 45.8 Å². The smallest absolute Gasteiger partial charge is 0.161 e. The number of nitrogens with zero attached hydrogens (tertiary/aromatic N) is 1. The summed E-state index contributed by atoms with van der Waals surface area (Å²) in [7, 11) is 0. The molecule has 0 saturated carbocycles. The van der Waals surface area contributed by atoms with Gasteiger partial charge in [-0.1, -0.05) is 71.4 Å². The number of hydrogen-bond acceptors (Lipinski definition) is 3. The molecule has 0 spiro atoms. The number of benzene rings is 2. The molecule has 1 aliphatic heterocycles. The molecule has 2 nitrogen and oxygen atoms in total. The van der Waals surface area contributed by atoms with Crippen LogP contribution in [0, 0.1) is 0 Å². The zero-order valence-corrected chi connectivity index (χ0v) is 12.8. The Labute approximate surface area is 132 Å². The number of nitrogens with one attached hydrogen (secondary N) is 1. The van der Waals surface area contributed by atoms with Gasteiger partial charge in [-0.05, 0) is 17.7 Å². The minimum Gasteiger partial charge on any atom is -0.333 e. The van der Waals surface area contributed by atoms with Crippen molar-refractivity contribution in [3.63, 3.8) is 0 Å². The minimum atomic E-state index is 0.185. The van der Waals surface area contributed by atoms with E-state index in [1.54, 1.807) is 11.8 Å². The Bertz CT molecular complexity index is 623. The summed E-state index contributed by atoms with van der Waals surface area (Å²) < 4.78 is 0. The molecular formula is C15H12Cl2N2S. The fraction of sp³-hybridized carbons (Fsp3) is 0.133. The molecule has 2 aromatic carbocycles. The first kappa shape index (κ1) is 13.8. The van der Waals surface area contributed by atoms with Crippen molar-refractivity contribution < 1.29 is 0 Å². The predicted octanol–water partition coefficient (Wildman–Crippen LogP) is 5.25. The second-order valence-electron chi connectivity index (χ2n) is 4.39. The molecule has 1 N–H and O–H groups in total. The van der Waals surface area contributed by atoms with E-state index in [1.807, 2.05) is 36.4 Å². The molecule has 2 aromatic rings. The van der Waals surface area contributed by atoms with E-state index >= 15 is 0 Å². The minimum absolute atomic E-state index is 0.185. The summed E-state index contributed by atoms with van der Waals surface area (Å²) in [4.78, 5) is 4.69. The largest absolute Gasteiger partial charge is 0.333 e. The lowest BCUT2D eigenvalue weighted by molar-refractivity contribution is 0.849. The molecule has 1 atom stereocenters. The summed E-state index contributed by atoms with van der Waals surface area (Å²) in [5.41, 5.74) is 1.94. The lowest BCUT2D eigenvalue weighted by Crippen LogP contribution is -2.05. The van der Waals surface area contributed by atoms with Crippen molar-refractivity contribution in [1.29, 1.82) is 0 Å². The second-order valence-corrected chi connectivity index (χ2v) is 6.22. The van der Waals surface area contributed by atoms with Gasteiger partial charge in [0, 0.05) is 5.75 Å². The standard InChI is InChI=1S/C15H12Cl2N2S/c16-11-7-4-8-12(17)14(11)19-15-18-13(9-20-15)10-5-2-1-3-6-10/h1-8,13H,9H2,(H,18,19). The third kappa shape index (κ3) is 2.95. The Morgan fingerprint density at radius 3 is 2.40 bits per heavy atom. The molecule has 0 amide bonds. The van der Waals surface area contributed by atoms with E-state index in [0.717, 1.165) is 16.6 Å². The zero-order chi connectivity index (χ0) is 13.9. The third-order valence-electron chi connectivity index (χ3n) is 3.03. The van der Waals surface area contributed by atoms with E-state index < -0.39 is 0 Å². The van der Waals surface area contributed by atoms with Crippen LogP contribution in [0.1, 0.15) is 11.6 Å². The van der Waals surface area contributed by atoms with Gasteiger partial charge < -0.3 is 5.32 Å². The molecule has 20 heavy (non-hydrogen) atoms. The molecule has 0 aromatic heterocycles. The fourth-order valence-electron chi connectivity index (χ4n) is 2.01. The quantitative estimate of drug-likeness (QED) is 0.816. The molecule has 1 aliphatic rings. The highest BCUT2D eigenvalue weighted by molar-refractivity contribution is 8.14. The number of aliphatic imine (C=N–C) groups is 1. The summed E-state index contributed by atoms with van der Waals surface area (Å²) in [6.45, 7) is 0. The van der Waals surface area contributed by atoms with E-state index in [9.17, 15) is 0 Å². The molecule has 5 heteroatoms. The number of amidine groups is 1. The van der Waals surface area contributed by atoms with Gasteiger partial charge in [0.05, 0.1) is 21.8 Å². The van der Waals surface area contributed by atoms with Crippen LogP contribution in [0.3, 0.4) is 0 Å². The van der Waals surface area contributed by atoms with Crippen LogP contribution >= 0.6 is 35.0 Å². The Hall–Kier alpha value is -1.16. The normalized spacial score (nSPS) is 17.9. The third-order valence-corrected chi connectivity index (χ3v) is 4.62. The summed E-state index contributed by atoms with van der Waals surface area (Å²) in [5.74, 6) is 0.925. The number of rotatable bonds is 2. The van der Waals surface area contributed by atoms with Gasteiger partial charge in [0.1, 0.15) is 0 Å². The van der Waals surface area contributed by atoms with Crippen LogP contribution < -0.4 is 5.32 Å². The van der Waals surface area contributed by atoms with Crippen molar-refractivity contribution in [1.82, 2.24) is 0 Å². The molecule has 0 fully saturated rings. The number of thioether (sulfide) groups is 1. The average molecular weight is 323 g/mol. The average Bonchev–Trinajstić information content (AvgIpc) is 2.93. The van der Waals surface area contributed by atoms with E-state index in [2.05, 4.69) is 22.4 Å². The van der Waals surface area contributed by atoms with E-state index in [-0.39, 0.29) is 6.04 Å². The number of anilines is 1. The van der Waals surface area contributed by atoms with E-state index in [0.29, 0.717) is 10.0 Å². The number of halogens is 2. The lowest BCUT2D eigenvalue weighted by Gasteiger charge is -2.08. The molecule has 102 valence electrons. The maximum absolute atomic E-state index is 6.15.